The second kappa shape index (κ2) is 7.24. The van der Waals surface area contributed by atoms with E-state index in [0.29, 0.717) is 5.17 Å². The van der Waals surface area contributed by atoms with Gasteiger partial charge < -0.3 is 10.5 Å². The van der Waals surface area contributed by atoms with Crippen molar-refractivity contribution in [2.24, 2.45) is 10.7 Å². The van der Waals surface area contributed by atoms with Gasteiger partial charge in [-0.15, -0.1) is 0 Å². The van der Waals surface area contributed by atoms with Crippen molar-refractivity contribution in [3.05, 3.63) is 0 Å². The van der Waals surface area contributed by atoms with Crippen molar-refractivity contribution in [3.63, 3.8) is 0 Å². The number of ether oxygens (including phenoxy) is 1. The lowest BCUT2D eigenvalue weighted by atomic mass is 10.7. The number of nitrogens with one attached hydrogen (secondary N) is 1. The van der Waals surface area contributed by atoms with Crippen LogP contribution in [0.4, 0.5) is 4.79 Å². The summed E-state index contributed by atoms with van der Waals surface area (Å²) in [7, 11) is 0. The zero-order valence-electron chi connectivity index (χ0n) is 7.11. The molecule has 0 heterocycles. The summed E-state index contributed by atoms with van der Waals surface area (Å²) in [5.41, 5.74) is 4.72. The number of carbonyl (C=O) groups excluding carboxylic acids is 1. The van der Waals surface area contributed by atoms with Gasteiger partial charge in [-0.3, -0.25) is 10.3 Å². The van der Waals surface area contributed by atoms with Crippen LogP contribution in [0.15, 0.2) is 4.99 Å². The van der Waals surface area contributed by atoms with Gasteiger partial charge in [0, 0.05) is 0 Å². The Morgan fingerprint density at radius 1 is 1.85 bits per heavy atom. The van der Waals surface area contributed by atoms with E-state index in [2.05, 4.69) is 15.0 Å². The van der Waals surface area contributed by atoms with Crippen molar-refractivity contribution < 1.29 is 9.53 Å². The molecule has 0 bridgehead atoms. The van der Waals surface area contributed by atoms with E-state index in [1.54, 1.807) is 12.4 Å². The number of amidine groups is 1. The lowest BCUT2D eigenvalue weighted by Gasteiger charge is -1.99. The second-order valence-electron chi connectivity index (χ2n) is 1.80. The average Bonchev–Trinajstić information content (AvgIpc) is 2.10. The van der Waals surface area contributed by atoms with E-state index in [0.717, 1.165) is 0 Å². The summed E-state index contributed by atoms with van der Waals surface area (Å²) in [5, 5.41) is 11.1. The third kappa shape index (κ3) is 6.96. The van der Waals surface area contributed by atoms with Crippen molar-refractivity contribution in [1.82, 2.24) is 5.32 Å². The van der Waals surface area contributed by atoms with Crippen LogP contribution in [0.1, 0.15) is 0 Å². The molecule has 72 valence electrons. The summed E-state index contributed by atoms with van der Waals surface area (Å²) in [4.78, 5) is 14.0. The standard InChI is InChI=1S/C6H10N4O2S/c1-13-6(10-4-7)9-2-3-12-5(8)11/h2-3H2,1H3,(H2,8,11)(H,9,10). The quantitative estimate of drug-likeness (QED) is 0.218. The molecule has 7 heteroatoms. The molecule has 0 aromatic heterocycles. The van der Waals surface area contributed by atoms with Crippen LogP contribution >= 0.6 is 11.8 Å². The van der Waals surface area contributed by atoms with Crippen LogP contribution in [0.2, 0.25) is 0 Å². The Labute approximate surface area is 80.1 Å². The molecule has 0 aliphatic heterocycles. The third-order valence-electron chi connectivity index (χ3n) is 0.947. The number of hydrogen-bond donors (Lipinski definition) is 2. The third-order valence-corrected chi connectivity index (χ3v) is 1.57. The van der Waals surface area contributed by atoms with Gasteiger partial charge in [0.25, 0.3) is 0 Å². The molecule has 0 saturated carbocycles. The first-order valence-electron chi connectivity index (χ1n) is 3.36. The number of rotatable bonds is 3. The number of carbonyl (C=O) groups is 1. The minimum atomic E-state index is -0.825. The van der Waals surface area contributed by atoms with Gasteiger partial charge in [0.2, 0.25) is 0 Å². The van der Waals surface area contributed by atoms with Crippen LogP contribution < -0.4 is 11.1 Å². The number of nitrogens with two attached hydrogens (primary N) is 1. The first-order chi connectivity index (χ1) is 6.20. The Morgan fingerprint density at radius 3 is 3.00 bits per heavy atom. The smallest absolute Gasteiger partial charge is 0.404 e. The molecule has 0 rings (SSSR count). The second-order valence-corrected chi connectivity index (χ2v) is 2.59. The predicted octanol–water partition coefficient (Wildman–Crippen LogP) is -0.129. The summed E-state index contributed by atoms with van der Waals surface area (Å²) < 4.78 is 4.43. The summed E-state index contributed by atoms with van der Waals surface area (Å²) in [6, 6.07) is 0. The van der Waals surface area contributed by atoms with Crippen LogP contribution in [0, 0.1) is 11.5 Å². The summed E-state index contributed by atoms with van der Waals surface area (Å²) in [6.45, 7) is 0.403. The Hall–Kier alpha value is -1.42. The molecule has 0 aliphatic rings. The van der Waals surface area contributed by atoms with Gasteiger partial charge in [0.05, 0.1) is 6.54 Å². The number of nitriles is 1. The van der Waals surface area contributed by atoms with Crippen molar-refractivity contribution in [3.8, 4) is 6.19 Å². The molecular weight excluding hydrogens is 192 g/mol. The van der Waals surface area contributed by atoms with Gasteiger partial charge in [0.1, 0.15) is 6.61 Å². The predicted molar refractivity (Wildman–Crippen MR) is 50.1 cm³/mol. The number of hydrogen-bond acceptors (Lipinski definition) is 5. The fourth-order valence-corrected chi connectivity index (χ4v) is 0.864. The van der Waals surface area contributed by atoms with Crippen molar-refractivity contribution in [2.75, 3.05) is 19.4 Å². The maximum atomic E-state index is 10.1. The number of amides is 1. The molecule has 0 aliphatic carbocycles. The molecule has 0 atom stereocenters. The van der Waals surface area contributed by atoms with E-state index in [4.69, 9.17) is 11.0 Å². The molecule has 6 nitrogen and oxygen atoms in total. The van der Waals surface area contributed by atoms with E-state index in [1.165, 1.54) is 11.8 Å². The van der Waals surface area contributed by atoms with Gasteiger partial charge in [-0.1, -0.05) is 11.8 Å². The van der Waals surface area contributed by atoms with Gasteiger partial charge in [-0.05, 0) is 6.26 Å². The Morgan fingerprint density at radius 2 is 2.54 bits per heavy atom. The van der Waals surface area contributed by atoms with E-state index < -0.39 is 6.09 Å². The fourth-order valence-electron chi connectivity index (χ4n) is 0.496. The minimum absolute atomic E-state index is 0.118. The van der Waals surface area contributed by atoms with Crippen LogP contribution in [-0.2, 0) is 4.74 Å². The largest absolute Gasteiger partial charge is 0.448 e. The minimum Gasteiger partial charge on any atom is -0.448 e. The van der Waals surface area contributed by atoms with Gasteiger partial charge in [0.15, 0.2) is 11.4 Å². The topological polar surface area (TPSA) is 100 Å². The van der Waals surface area contributed by atoms with Crippen molar-refractivity contribution in [2.45, 2.75) is 0 Å². The molecular formula is C6H10N4O2S. The molecule has 3 N–H and O–H groups in total. The average molecular weight is 202 g/mol. The lowest BCUT2D eigenvalue weighted by molar-refractivity contribution is 0.160. The molecule has 0 unspecified atom stereocenters. The maximum absolute atomic E-state index is 10.1. The molecule has 0 fully saturated rings. The Balaban J connectivity index is 3.68. The number of thioether (sulfide) groups is 1. The van der Waals surface area contributed by atoms with Gasteiger partial charge in [-0.25, -0.2) is 4.79 Å². The fraction of sp³-hybridized carbons (Fsp3) is 0.500. The molecule has 0 saturated heterocycles. The Kier molecular flexibility index (Phi) is 6.45. The number of primary amides is 1. The number of nitrogens with zero attached hydrogens (tertiary/aromatic N) is 2. The van der Waals surface area contributed by atoms with Crippen LogP contribution in [-0.4, -0.2) is 30.7 Å². The van der Waals surface area contributed by atoms with Gasteiger partial charge in [-0.2, -0.15) is 5.26 Å². The maximum Gasteiger partial charge on any atom is 0.404 e. The molecule has 0 aromatic carbocycles. The van der Waals surface area contributed by atoms with E-state index >= 15 is 0 Å². The molecule has 0 aromatic rings. The van der Waals surface area contributed by atoms with Crippen molar-refractivity contribution >= 4 is 23.0 Å². The van der Waals surface area contributed by atoms with Crippen LogP contribution in [0.25, 0.3) is 0 Å². The van der Waals surface area contributed by atoms with Crippen LogP contribution in [0.3, 0.4) is 0 Å². The van der Waals surface area contributed by atoms with Crippen molar-refractivity contribution in [1.29, 1.82) is 5.26 Å². The SMILES string of the molecule is CSC(=NCCOC(N)=O)NC#N. The van der Waals surface area contributed by atoms with E-state index in [9.17, 15) is 4.79 Å². The normalized spacial score (nSPS) is 10.3. The zero-order chi connectivity index (χ0) is 10.1. The highest BCUT2D eigenvalue weighted by Gasteiger charge is 1.95. The summed E-state index contributed by atoms with van der Waals surface area (Å²) >= 11 is 1.30. The summed E-state index contributed by atoms with van der Waals surface area (Å²) in [6.07, 6.45) is 2.69. The molecule has 13 heavy (non-hydrogen) atoms. The molecule has 1 amide bonds. The number of aliphatic imine (C=N–C) groups is 1. The van der Waals surface area contributed by atoms with Gasteiger partial charge >= 0.3 is 6.09 Å². The monoisotopic (exact) mass is 202 g/mol. The highest BCUT2D eigenvalue weighted by Crippen LogP contribution is 1.93. The van der Waals surface area contributed by atoms with E-state index in [-0.39, 0.29) is 13.2 Å². The van der Waals surface area contributed by atoms with E-state index in [1.807, 2.05) is 0 Å². The highest BCUT2D eigenvalue weighted by atomic mass is 32.2. The first-order valence-corrected chi connectivity index (χ1v) is 4.59. The molecule has 0 spiro atoms. The lowest BCUT2D eigenvalue weighted by Crippen LogP contribution is -2.17. The summed E-state index contributed by atoms with van der Waals surface area (Å²) in [5.74, 6) is 0. The first kappa shape index (κ1) is 11.6. The molecule has 0 radical (unpaired) electrons. The van der Waals surface area contributed by atoms with Crippen LogP contribution in [0.5, 0.6) is 0 Å². The zero-order valence-corrected chi connectivity index (χ0v) is 7.93. The highest BCUT2D eigenvalue weighted by molar-refractivity contribution is 8.13. The Bertz CT molecular complexity index is 235.